The number of aliphatic carboxylic acids is 1. The van der Waals surface area contributed by atoms with Crippen LogP contribution in [-0.2, 0) is 30.5 Å². The van der Waals surface area contributed by atoms with Crippen LogP contribution in [0.2, 0.25) is 0 Å². The van der Waals surface area contributed by atoms with Crippen LogP contribution in [0.1, 0.15) is 55.8 Å². The zero-order chi connectivity index (χ0) is 19.9. The van der Waals surface area contributed by atoms with E-state index in [1.807, 2.05) is 12.1 Å². The first kappa shape index (κ1) is 18.2. The van der Waals surface area contributed by atoms with Gasteiger partial charge in [-0.3, -0.25) is 9.59 Å². The van der Waals surface area contributed by atoms with Gasteiger partial charge in [0, 0.05) is 24.0 Å². The molecule has 0 spiro atoms. The van der Waals surface area contributed by atoms with Crippen LogP contribution in [0.4, 0.5) is 0 Å². The first-order valence-electron chi connectivity index (χ1n) is 9.48. The first-order valence-corrected chi connectivity index (χ1v) is 9.48. The Morgan fingerprint density at radius 2 is 1.71 bits per heavy atom. The number of amides is 2. The number of rotatable bonds is 4. The number of fused-ring (bicyclic) bond motifs is 2. The molecule has 4 rings (SSSR count). The van der Waals surface area contributed by atoms with E-state index in [4.69, 9.17) is 5.73 Å². The molecule has 0 bridgehead atoms. The van der Waals surface area contributed by atoms with E-state index in [2.05, 4.69) is 5.32 Å². The van der Waals surface area contributed by atoms with Crippen molar-refractivity contribution >= 4 is 17.8 Å². The molecule has 2 amide bonds. The number of carbonyl (C=O) groups is 3. The van der Waals surface area contributed by atoms with E-state index < -0.39 is 17.4 Å². The van der Waals surface area contributed by atoms with Crippen molar-refractivity contribution in [2.45, 2.75) is 44.1 Å². The predicted octanol–water partition coefficient (Wildman–Crippen LogP) is 2.02. The van der Waals surface area contributed by atoms with Crippen LogP contribution in [-0.4, -0.2) is 28.4 Å². The molecule has 0 saturated heterocycles. The molecule has 0 radical (unpaired) electrons. The van der Waals surface area contributed by atoms with E-state index in [-0.39, 0.29) is 18.7 Å². The third kappa shape index (κ3) is 3.05. The van der Waals surface area contributed by atoms with Crippen LogP contribution < -0.4 is 11.1 Å². The van der Waals surface area contributed by atoms with Gasteiger partial charge in [-0.1, -0.05) is 18.2 Å². The lowest BCUT2D eigenvalue weighted by Gasteiger charge is -2.27. The van der Waals surface area contributed by atoms with Gasteiger partial charge in [0.2, 0.25) is 5.91 Å². The molecule has 0 aromatic heterocycles. The molecule has 1 atom stereocenters. The topological polar surface area (TPSA) is 109 Å². The summed E-state index contributed by atoms with van der Waals surface area (Å²) in [6.07, 6.45) is 4.22. The Balaban J connectivity index is 1.64. The smallest absolute Gasteiger partial charge is 0.330 e. The van der Waals surface area contributed by atoms with Gasteiger partial charge in [-0.05, 0) is 66.1 Å². The molecule has 0 aliphatic heterocycles. The second-order valence-electron chi connectivity index (χ2n) is 7.69. The quantitative estimate of drug-likeness (QED) is 0.756. The van der Waals surface area contributed by atoms with Gasteiger partial charge in [0.1, 0.15) is 5.54 Å². The SMILES string of the molecule is NC(=O)c1ccc2c(c1)CC(NC(=O)c1cccc3c1CCCC3)(C(=O)O)C2. The maximum absolute atomic E-state index is 13.1. The second-order valence-corrected chi connectivity index (χ2v) is 7.69. The highest BCUT2D eigenvalue weighted by molar-refractivity contribution is 6.00. The number of hydrogen-bond donors (Lipinski definition) is 3. The van der Waals surface area contributed by atoms with Crippen LogP contribution in [0.5, 0.6) is 0 Å². The second kappa shape index (κ2) is 6.78. The van der Waals surface area contributed by atoms with Gasteiger partial charge >= 0.3 is 5.97 Å². The van der Waals surface area contributed by atoms with E-state index in [0.29, 0.717) is 11.1 Å². The summed E-state index contributed by atoms with van der Waals surface area (Å²) in [5, 5.41) is 12.7. The standard InChI is InChI=1S/C22H22N2O4/c23-19(25)14-8-9-15-11-22(21(27)28,12-16(15)10-14)24-20(26)18-7-3-5-13-4-1-2-6-17(13)18/h3,5,7-10H,1-2,4,6,11-12H2,(H2,23,25)(H,24,26)(H,27,28). The van der Waals surface area contributed by atoms with Crippen LogP contribution in [0, 0.1) is 0 Å². The van der Waals surface area contributed by atoms with Gasteiger partial charge in [0.25, 0.3) is 5.91 Å². The number of primary amides is 1. The highest BCUT2D eigenvalue weighted by Gasteiger charge is 2.46. The zero-order valence-corrected chi connectivity index (χ0v) is 15.5. The number of nitrogens with one attached hydrogen (secondary N) is 1. The lowest BCUT2D eigenvalue weighted by atomic mass is 9.87. The van der Waals surface area contributed by atoms with Gasteiger partial charge in [-0.15, -0.1) is 0 Å². The Labute approximate surface area is 162 Å². The Kier molecular flexibility index (Phi) is 4.41. The molecule has 2 aromatic rings. The monoisotopic (exact) mass is 378 g/mol. The number of carbonyl (C=O) groups excluding carboxylic acids is 2. The normalized spacial score (nSPS) is 20.1. The number of carboxylic acids is 1. The molecule has 0 saturated carbocycles. The lowest BCUT2D eigenvalue weighted by molar-refractivity contribution is -0.144. The molecule has 28 heavy (non-hydrogen) atoms. The summed E-state index contributed by atoms with van der Waals surface area (Å²) in [7, 11) is 0. The third-order valence-corrected chi connectivity index (χ3v) is 5.88. The van der Waals surface area contributed by atoms with Crippen molar-refractivity contribution in [2.75, 3.05) is 0 Å². The molecule has 0 heterocycles. The van der Waals surface area contributed by atoms with Gasteiger partial charge in [-0.25, -0.2) is 4.79 Å². The minimum absolute atomic E-state index is 0.125. The molecular weight excluding hydrogens is 356 g/mol. The van der Waals surface area contributed by atoms with E-state index in [1.165, 1.54) is 5.56 Å². The van der Waals surface area contributed by atoms with E-state index in [1.54, 1.807) is 24.3 Å². The first-order chi connectivity index (χ1) is 13.4. The summed E-state index contributed by atoms with van der Waals surface area (Å²) in [6, 6.07) is 10.6. The van der Waals surface area contributed by atoms with Crippen molar-refractivity contribution in [2.24, 2.45) is 5.73 Å². The third-order valence-electron chi connectivity index (χ3n) is 5.88. The van der Waals surface area contributed by atoms with Crippen molar-refractivity contribution < 1.29 is 19.5 Å². The maximum Gasteiger partial charge on any atom is 0.330 e. The van der Waals surface area contributed by atoms with Gasteiger partial charge in [0.15, 0.2) is 0 Å². The van der Waals surface area contributed by atoms with E-state index >= 15 is 0 Å². The lowest BCUT2D eigenvalue weighted by Crippen LogP contribution is -2.55. The largest absolute Gasteiger partial charge is 0.479 e. The summed E-state index contributed by atoms with van der Waals surface area (Å²) >= 11 is 0. The Morgan fingerprint density at radius 1 is 0.964 bits per heavy atom. The number of aryl methyl sites for hydroxylation is 1. The van der Waals surface area contributed by atoms with Gasteiger partial charge in [-0.2, -0.15) is 0 Å². The predicted molar refractivity (Wildman–Crippen MR) is 103 cm³/mol. The highest BCUT2D eigenvalue weighted by atomic mass is 16.4. The Hall–Kier alpha value is -3.15. The fraction of sp³-hybridized carbons (Fsp3) is 0.318. The minimum atomic E-state index is -1.42. The van der Waals surface area contributed by atoms with Gasteiger partial charge < -0.3 is 16.2 Å². The van der Waals surface area contributed by atoms with Crippen LogP contribution >= 0.6 is 0 Å². The van der Waals surface area contributed by atoms with Gasteiger partial charge in [0.05, 0.1) is 0 Å². The zero-order valence-electron chi connectivity index (χ0n) is 15.5. The molecule has 2 aliphatic rings. The molecule has 4 N–H and O–H groups in total. The molecule has 1 unspecified atom stereocenters. The summed E-state index contributed by atoms with van der Waals surface area (Å²) in [5.41, 5.74) is 8.54. The van der Waals surface area contributed by atoms with Crippen LogP contribution in [0.15, 0.2) is 36.4 Å². The minimum Gasteiger partial charge on any atom is -0.479 e. The molecule has 6 heteroatoms. The molecular formula is C22H22N2O4. The number of benzene rings is 2. The van der Waals surface area contributed by atoms with Crippen LogP contribution in [0.3, 0.4) is 0 Å². The van der Waals surface area contributed by atoms with Crippen molar-refractivity contribution in [3.63, 3.8) is 0 Å². The molecule has 6 nitrogen and oxygen atoms in total. The summed E-state index contributed by atoms with van der Waals surface area (Å²) in [6.45, 7) is 0. The van der Waals surface area contributed by atoms with E-state index in [9.17, 15) is 19.5 Å². The van der Waals surface area contributed by atoms with Crippen LogP contribution in [0.25, 0.3) is 0 Å². The van der Waals surface area contributed by atoms with Crippen molar-refractivity contribution in [3.05, 3.63) is 69.8 Å². The molecule has 2 aliphatic carbocycles. The average molecular weight is 378 g/mol. The number of carboxylic acid groups (broad SMARTS) is 1. The Bertz CT molecular complexity index is 998. The molecule has 144 valence electrons. The van der Waals surface area contributed by atoms with Crippen molar-refractivity contribution in [1.29, 1.82) is 0 Å². The fourth-order valence-corrected chi connectivity index (χ4v) is 4.40. The highest BCUT2D eigenvalue weighted by Crippen LogP contribution is 2.32. The molecule has 0 fully saturated rings. The number of nitrogens with two attached hydrogens (primary N) is 1. The summed E-state index contributed by atoms with van der Waals surface area (Å²) in [5.74, 6) is -2.00. The molecule has 2 aromatic carbocycles. The van der Waals surface area contributed by atoms with Crippen molar-refractivity contribution in [1.82, 2.24) is 5.32 Å². The fourth-order valence-electron chi connectivity index (χ4n) is 4.40. The average Bonchev–Trinajstić information content (AvgIpc) is 3.06. The summed E-state index contributed by atoms with van der Waals surface area (Å²) in [4.78, 5) is 36.7. The maximum atomic E-state index is 13.1. The number of hydrogen-bond acceptors (Lipinski definition) is 3. The summed E-state index contributed by atoms with van der Waals surface area (Å²) < 4.78 is 0. The van der Waals surface area contributed by atoms with E-state index in [0.717, 1.165) is 42.4 Å². The van der Waals surface area contributed by atoms with Crippen molar-refractivity contribution in [3.8, 4) is 0 Å². The Morgan fingerprint density at radius 3 is 2.46 bits per heavy atom.